The molecule has 108 valence electrons. The van der Waals surface area contributed by atoms with Gasteiger partial charge >= 0.3 is 125 Å². The molecule has 2 heteroatoms. The Hall–Kier alpha value is 0.830. The molecule has 0 aliphatic carbocycles. The van der Waals surface area contributed by atoms with Crippen molar-refractivity contribution in [1.82, 2.24) is 4.90 Å². The van der Waals surface area contributed by atoms with Crippen molar-refractivity contribution in [3.63, 3.8) is 0 Å². The van der Waals surface area contributed by atoms with E-state index in [9.17, 15) is 0 Å². The van der Waals surface area contributed by atoms with E-state index < -0.39 is 21.4 Å². The normalized spacial score (nSPS) is 11.5. The Morgan fingerprint density at radius 2 is 1.39 bits per heavy atom. The van der Waals surface area contributed by atoms with E-state index in [0.29, 0.717) is 0 Å². The van der Waals surface area contributed by atoms with Gasteiger partial charge in [0.05, 0.1) is 0 Å². The van der Waals surface area contributed by atoms with Gasteiger partial charge in [-0.3, -0.25) is 0 Å². The van der Waals surface area contributed by atoms with E-state index in [1.54, 1.807) is 12.5 Å². The molecule has 0 fully saturated rings. The molecule has 0 aliphatic heterocycles. The monoisotopic (exact) mass is 357 g/mol. The number of hydrogen-bond acceptors (Lipinski definition) is 1. The molecule has 0 aromatic heterocycles. The second kappa shape index (κ2) is 12.8. The van der Waals surface area contributed by atoms with Crippen LogP contribution in [0.5, 0.6) is 0 Å². The van der Waals surface area contributed by atoms with Gasteiger partial charge in [0.1, 0.15) is 0 Å². The van der Waals surface area contributed by atoms with Crippen molar-refractivity contribution in [1.29, 1.82) is 0 Å². The van der Waals surface area contributed by atoms with E-state index in [0.717, 1.165) is 6.04 Å². The predicted molar refractivity (Wildman–Crippen MR) is 87.0 cm³/mol. The fourth-order valence-electron chi connectivity index (χ4n) is 2.91. The Balaban J connectivity index is 3.73. The topological polar surface area (TPSA) is 3.24 Å². The van der Waals surface area contributed by atoms with E-state index in [1.807, 2.05) is 0 Å². The van der Waals surface area contributed by atoms with E-state index in [-0.39, 0.29) is 0 Å². The van der Waals surface area contributed by atoms with Crippen molar-refractivity contribution >= 4 is 21.4 Å². The van der Waals surface area contributed by atoms with Crippen LogP contribution in [0.1, 0.15) is 66.7 Å². The van der Waals surface area contributed by atoms with Gasteiger partial charge in [-0.25, -0.2) is 0 Å². The maximum absolute atomic E-state index is 2.66. The minimum absolute atomic E-state index is 0.732. The first-order valence-corrected chi connectivity index (χ1v) is 15.4. The molecule has 0 spiro atoms. The van der Waals surface area contributed by atoms with Gasteiger partial charge in [0.2, 0.25) is 0 Å². The summed E-state index contributed by atoms with van der Waals surface area (Å²) in [5, 5.41) is 0. The van der Waals surface area contributed by atoms with Crippen molar-refractivity contribution in [2.45, 2.75) is 85.3 Å². The zero-order valence-corrected chi connectivity index (χ0v) is 17.0. The first-order valence-electron chi connectivity index (χ1n) is 8.39. The molecule has 0 aromatic carbocycles. The molecule has 0 atom stereocenters. The molecule has 0 saturated carbocycles. The minimum atomic E-state index is -1.05. The Morgan fingerprint density at radius 1 is 0.778 bits per heavy atom. The number of rotatable bonds is 12. The van der Waals surface area contributed by atoms with Gasteiger partial charge in [-0.15, -0.1) is 0 Å². The summed E-state index contributed by atoms with van der Waals surface area (Å²) in [6, 6.07) is 0.732. The second-order valence-electron chi connectivity index (χ2n) is 6.07. The van der Waals surface area contributed by atoms with Crippen LogP contribution in [-0.4, -0.2) is 45.5 Å². The third-order valence-corrected chi connectivity index (χ3v) is 15.4. The zero-order chi connectivity index (χ0) is 13.8. The average molecular weight is 357 g/mol. The summed E-state index contributed by atoms with van der Waals surface area (Å²) >= 11 is -1.05. The van der Waals surface area contributed by atoms with E-state index in [4.69, 9.17) is 0 Å². The summed E-state index contributed by atoms with van der Waals surface area (Å²) in [5.41, 5.74) is 0. The van der Waals surface area contributed by atoms with Gasteiger partial charge in [0.15, 0.2) is 0 Å². The summed E-state index contributed by atoms with van der Waals surface area (Å²) in [7, 11) is 0. The van der Waals surface area contributed by atoms with Crippen molar-refractivity contribution in [2.75, 3.05) is 13.1 Å². The molecule has 0 amide bonds. The molecule has 0 radical (unpaired) electrons. The molecule has 0 bridgehead atoms. The van der Waals surface area contributed by atoms with Gasteiger partial charge in [-0.1, -0.05) is 0 Å². The molecule has 0 heterocycles. The van der Waals surface area contributed by atoms with E-state index in [2.05, 4.69) is 39.5 Å². The standard InChI is InChI=1S/C10H22N.2C3H7.In/c1-5-7-9-11(8-6-2)10(3)4;2*1-3-2;/h10H,1,5-9H2,2-4H3;2*1,3H2,2H3;. The van der Waals surface area contributed by atoms with E-state index >= 15 is 0 Å². The summed E-state index contributed by atoms with van der Waals surface area (Å²) in [4.78, 5) is 2.66. The van der Waals surface area contributed by atoms with Gasteiger partial charge in [0.25, 0.3) is 0 Å². The maximum atomic E-state index is 2.66. The first kappa shape index (κ1) is 18.8. The number of nitrogens with zero attached hydrogens (tertiary/aromatic N) is 1. The Bertz CT molecular complexity index is 164. The molecule has 0 rings (SSSR count). The fourth-order valence-corrected chi connectivity index (χ4v) is 12.5. The fraction of sp³-hybridized carbons (Fsp3) is 1.00. The summed E-state index contributed by atoms with van der Waals surface area (Å²) in [5.74, 6) is 0. The van der Waals surface area contributed by atoms with Crippen LogP contribution in [0.25, 0.3) is 0 Å². The van der Waals surface area contributed by atoms with Crippen LogP contribution < -0.4 is 0 Å². The Morgan fingerprint density at radius 3 is 1.83 bits per heavy atom. The Labute approximate surface area is 124 Å². The van der Waals surface area contributed by atoms with Crippen LogP contribution in [0, 0.1) is 0 Å². The van der Waals surface area contributed by atoms with Crippen LogP contribution in [0.4, 0.5) is 0 Å². The van der Waals surface area contributed by atoms with Gasteiger partial charge in [0, 0.05) is 0 Å². The molecular weight excluding hydrogens is 321 g/mol. The average Bonchev–Trinajstić information content (AvgIpc) is 2.33. The molecular formula is C16H36InN. The summed E-state index contributed by atoms with van der Waals surface area (Å²) in [6.45, 7) is 14.3. The second-order valence-corrected chi connectivity index (χ2v) is 16.0. The molecule has 1 nitrogen and oxygen atoms in total. The van der Waals surface area contributed by atoms with Gasteiger partial charge in [-0.2, -0.15) is 0 Å². The van der Waals surface area contributed by atoms with Crippen LogP contribution in [0.2, 0.25) is 12.5 Å². The zero-order valence-electron chi connectivity index (χ0n) is 13.7. The van der Waals surface area contributed by atoms with Crippen molar-refractivity contribution in [3.8, 4) is 0 Å². The van der Waals surface area contributed by atoms with Crippen molar-refractivity contribution < 1.29 is 0 Å². The van der Waals surface area contributed by atoms with Crippen LogP contribution in [-0.2, 0) is 0 Å². The molecule has 0 saturated heterocycles. The summed E-state index contributed by atoms with van der Waals surface area (Å²) in [6.07, 6.45) is 7.17. The molecule has 0 aliphatic rings. The van der Waals surface area contributed by atoms with Gasteiger partial charge in [-0.05, 0) is 0 Å². The third-order valence-electron chi connectivity index (χ3n) is 3.94. The van der Waals surface area contributed by atoms with Crippen LogP contribution in [0.15, 0.2) is 0 Å². The van der Waals surface area contributed by atoms with E-state index in [1.165, 1.54) is 45.2 Å². The van der Waals surface area contributed by atoms with Crippen LogP contribution >= 0.6 is 0 Å². The molecule has 18 heavy (non-hydrogen) atoms. The number of unbranched alkanes of at least 4 members (excludes halogenated alkanes) is 1. The predicted octanol–water partition coefficient (Wildman–Crippen LogP) is 5.20. The molecule has 0 unspecified atom stereocenters. The Kier molecular flexibility index (Phi) is 13.4. The number of hydrogen-bond donors (Lipinski definition) is 0. The third kappa shape index (κ3) is 9.72. The summed E-state index contributed by atoms with van der Waals surface area (Å²) < 4.78 is 4.97. The van der Waals surface area contributed by atoms with Gasteiger partial charge < -0.3 is 0 Å². The first-order chi connectivity index (χ1) is 8.65. The van der Waals surface area contributed by atoms with Crippen LogP contribution in [0.3, 0.4) is 0 Å². The van der Waals surface area contributed by atoms with Crippen molar-refractivity contribution in [3.05, 3.63) is 0 Å². The quantitative estimate of drug-likeness (QED) is 0.434. The SMILES string of the molecule is CCCN(CCC[CH2][In]([CH2]CC)[CH2]CC)C(C)C. The molecule has 0 aromatic rings. The molecule has 0 N–H and O–H groups in total. The van der Waals surface area contributed by atoms with Crippen molar-refractivity contribution in [2.24, 2.45) is 0 Å².